The first-order valence-corrected chi connectivity index (χ1v) is 9.95. The maximum Gasteiger partial charge on any atom is 0.498 e. The molecule has 0 aliphatic carbocycles. The largest absolute Gasteiger partial charge is 0.498 e. The molecule has 2 aromatic rings. The Morgan fingerprint density at radius 2 is 1.89 bits per heavy atom. The summed E-state index contributed by atoms with van der Waals surface area (Å²) in [6, 6.07) is 4.11. The van der Waals surface area contributed by atoms with E-state index in [9.17, 15) is 21.6 Å². The lowest BCUT2D eigenvalue weighted by atomic mass is 10.1. The van der Waals surface area contributed by atoms with Crippen LogP contribution in [0.2, 0.25) is 0 Å². The van der Waals surface area contributed by atoms with E-state index in [-0.39, 0.29) is 10.8 Å². The Balaban J connectivity index is 2.05. The van der Waals surface area contributed by atoms with E-state index in [0.717, 1.165) is 30.6 Å². The van der Waals surface area contributed by atoms with Crippen LogP contribution in [-0.2, 0) is 10.9 Å². The molecule has 3 rings (SSSR count). The fraction of sp³-hybridized carbons (Fsp3) is 0.429. The molecule has 1 aliphatic heterocycles. The average molecular weight is 420 g/mol. The standard InChI is InChI=1S/C14H15F3N6O2S2/c15-14(16,17)23(27(24)25)12-8-10(22-6-2-1-3-7-22)4-5-11(12)19-21-13-20-18-9-26-13/h4-5,8-9,27H,1-3,6-7H2. The predicted molar refractivity (Wildman–Crippen MR) is 95.4 cm³/mol. The Morgan fingerprint density at radius 3 is 2.48 bits per heavy atom. The van der Waals surface area contributed by atoms with Crippen molar-refractivity contribution in [3.8, 4) is 0 Å². The summed E-state index contributed by atoms with van der Waals surface area (Å²) in [5, 5.41) is 14.8. The predicted octanol–water partition coefficient (Wildman–Crippen LogP) is 3.80. The highest BCUT2D eigenvalue weighted by molar-refractivity contribution is 7.74. The number of nitrogens with zero attached hydrogens (tertiary/aromatic N) is 6. The van der Waals surface area contributed by atoms with Crippen molar-refractivity contribution in [2.75, 3.05) is 22.3 Å². The highest BCUT2D eigenvalue weighted by atomic mass is 32.2. The highest BCUT2D eigenvalue weighted by Gasteiger charge is 2.41. The molecule has 27 heavy (non-hydrogen) atoms. The Hall–Kier alpha value is -2.28. The van der Waals surface area contributed by atoms with E-state index in [0.29, 0.717) is 18.8 Å². The van der Waals surface area contributed by atoms with Crippen molar-refractivity contribution in [2.45, 2.75) is 25.6 Å². The number of thiol groups is 1. The van der Waals surface area contributed by atoms with Gasteiger partial charge in [-0.2, -0.15) is 4.31 Å². The van der Waals surface area contributed by atoms with Gasteiger partial charge in [0, 0.05) is 18.8 Å². The number of rotatable bonds is 5. The van der Waals surface area contributed by atoms with E-state index in [1.54, 1.807) is 6.07 Å². The second kappa shape index (κ2) is 8.17. The summed E-state index contributed by atoms with van der Waals surface area (Å²) in [4.78, 5) is 1.92. The molecular weight excluding hydrogens is 405 g/mol. The zero-order valence-electron chi connectivity index (χ0n) is 13.8. The van der Waals surface area contributed by atoms with Gasteiger partial charge in [0.2, 0.25) is 10.9 Å². The Labute approximate surface area is 158 Å². The number of alkyl halides is 3. The molecule has 0 saturated carbocycles. The molecule has 0 spiro atoms. The topological polar surface area (TPSA) is 91.1 Å². The van der Waals surface area contributed by atoms with Crippen molar-refractivity contribution < 1.29 is 21.6 Å². The number of piperidine rings is 1. The Bertz CT molecular complexity index is 871. The first kappa shape index (κ1) is 19.5. The summed E-state index contributed by atoms with van der Waals surface area (Å²) in [6.45, 7) is 1.39. The molecule has 1 saturated heterocycles. The molecule has 8 nitrogen and oxygen atoms in total. The summed E-state index contributed by atoms with van der Waals surface area (Å²) >= 11 is 1.05. The van der Waals surface area contributed by atoms with E-state index in [2.05, 4.69) is 20.4 Å². The lowest BCUT2D eigenvalue weighted by molar-refractivity contribution is -0.115. The van der Waals surface area contributed by atoms with E-state index in [1.165, 1.54) is 17.6 Å². The minimum atomic E-state index is -5.12. The van der Waals surface area contributed by atoms with Crippen LogP contribution in [0, 0.1) is 0 Å². The van der Waals surface area contributed by atoms with E-state index < -0.39 is 27.2 Å². The van der Waals surface area contributed by atoms with Gasteiger partial charge in [0.05, 0.1) is 5.69 Å². The van der Waals surface area contributed by atoms with Crippen LogP contribution in [0.15, 0.2) is 33.9 Å². The molecule has 0 N–H and O–H groups in total. The van der Waals surface area contributed by atoms with Crippen molar-refractivity contribution in [1.29, 1.82) is 0 Å². The minimum absolute atomic E-state index is 0.145. The molecule has 0 amide bonds. The van der Waals surface area contributed by atoms with Crippen LogP contribution in [0.5, 0.6) is 0 Å². The lowest BCUT2D eigenvalue weighted by Gasteiger charge is -2.30. The number of benzene rings is 1. The zero-order chi connectivity index (χ0) is 19.4. The third-order valence-corrected chi connectivity index (χ3v) is 5.25. The Morgan fingerprint density at radius 1 is 1.15 bits per heavy atom. The first-order valence-electron chi connectivity index (χ1n) is 7.94. The molecule has 1 aliphatic rings. The van der Waals surface area contributed by atoms with Crippen molar-refractivity contribution in [2.24, 2.45) is 10.2 Å². The summed E-state index contributed by atoms with van der Waals surface area (Å²) in [5.41, 5.74) is 1.06. The molecule has 1 fully saturated rings. The monoisotopic (exact) mass is 420 g/mol. The van der Waals surface area contributed by atoms with Gasteiger partial charge >= 0.3 is 6.30 Å². The van der Waals surface area contributed by atoms with Crippen LogP contribution in [0.3, 0.4) is 0 Å². The molecule has 1 aromatic carbocycles. The molecule has 13 heteroatoms. The number of azo groups is 1. The summed E-state index contributed by atoms with van der Waals surface area (Å²) in [6.07, 6.45) is -2.22. The summed E-state index contributed by atoms with van der Waals surface area (Å²) in [5.74, 6) is 0. The second-order valence-corrected chi connectivity index (χ2v) is 7.35. The SMILES string of the molecule is O=[SH](=O)N(c1cc(N2CCCCC2)ccc1N=Nc1nncs1)C(F)(F)F. The molecule has 146 valence electrons. The third-order valence-electron chi connectivity index (χ3n) is 3.90. The van der Waals surface area contributed by atoms with Gasteiger partial charge in [-0.25, -0.2) is 8.42 Å². The maximum absolute atomic E-state index is 13.4. The molecular formula is C14H15F3N6O2S2. The minimum Gasteiger partial charge on any atom is -0.371 e. The highest BCUT2D eigenvalue weighted by Crippen LogP contribution is 2.39. The summed E-state index contributed by atoms with van der Waals surface area (Å²) < 4.78 is 62.2. The number of hydrogen-bond donors (Lipinski definition) is 1. The molecule has 0 atom stereocenters. The number of anilines is 2. The third kappa shape index (κ3) is 4.71. The van der Waals surface area contributed by atoms with Crippen LogP contribution < -0.4 is 9.21 Å². The molecule has 2 heterocycles. The molecule has 0 radical (unpaired) electrons. The summed E-state index contributed by atoms with van der Waals surface area (Å²) in [7, 11) is -3.97. The van der Waals surface area contributed by atoms with Gasteiger partial charge in [0.15, 0.2) is 0 Å². The van der Waals surface area contributed by atoms with Crippen molar-refractivity contribution >= 4 is 44.4 Å². The van der Waals surface area contributed by atoms with Gasteiger partial charge in [-0.3, -0.25) is 0 Å². The van der Waals surface area contributed by atoms with Crippen LogP contribution >= 0.6 is 11.3 Å². The van der Waals surface area contributed by atoms with E-state index in [1.807, 2.05) is 4.90 Å². The van der Waals surface area contributed by atoms with Gasteiger partial charge in [-0.05, 0) is 37.5 Å². The Kier molecular flexibility index (Phi) is 5.89. The van der Waals surface area contributed by atoms with Crippen LogP contribution in [0.25, 0.3) is 0 Å². The zero-order valence-corrected chi connectivity index (χ0v) is 15.5. The normalized spacial score (nSPS) is 15.6. The van der Waals surface area contributed by atoms with Gasteiger partial charge in [0.25, 0.3) is 5.13 Å². The van der Waals surface area contributed by atoms with Crippen molar-refractivity contribution in [3.05, 3.63) is 23.7 Å². The quantitative estimate of drug-likeness (QED) is 0.451. The van der Waals surface area contributed by atoms with Gasteiger partial charge in [0.1, 0.15) is 11.2 Å². The number of aromatic nitrogens is 2. The second-order valence-electron chi connectivity index (χ2n) is 5.66. The molecule has 0 bridgehead atoms. The van der Waals surface area contributed by atoms with Gasteiger partial charge in [-0.1, -0.05) is 11.3 Å². The fourth-order valence-electron chi connectivity index (χ4n) is 2.74. The first-order chi connectivity index (χ1) is 12.9. The van der Waals surface area contributed by atoms with E-state index >= 15 is 0 Å². The van der Waals surface area contributed by atoms with E-state index in [4.69, 9.17) is 0 Å². The van der Waals surface area contributed by atoms with Gasteiger partial charge in [-0.15, -0.1) is 33.6 Å². The fourth-order valence-corrected chi connectivity index (χ4v) is 3.63. The molecule has 0 unspecified atom stereocenters. The van der Waals surface area contributed by atoms with Crippen molar-refractivity contribution in [3.63, 3.8) is 0 Å². The maximum atomic E-state index is 13.4. The van der Waals surface area contributed by atoms with Crippen LogP contribution in [0.4, 0.5) is 35.4 Å². The number of halogens is 3. The number of hydrogen-bond acceptors (Lipinski definition) is 8. The smallest absolute Gasteiger partial charge is 0.371 e. The van der Waals surface area contributed by atoms with Crippen LogP contribution in [0.1, 0.15) is 19.3 Å². The van der Waals surface area contributed by atoms with Crippen LogP contribution in [-0.4, -0.2) is 38.0 Å². The lowest BCUT2D eigenvalue weighted by Crippen LogP contribution is -2.37. The van der Waals surface area contributed by atoms with Crippen molar-refractivity contribution in [1.82, 2.24) is 10.2 Å². The average Bonchev–Trinajstić information content (AvgIpc) is 3.13. The van der Waals surface area contributed by atoms with Gasteiger partial charge < -0.3 is 4.90 Å². The molecule has 1 aromatic heterocycles.